The van der Waals surface area contributed by atoms with Gasteiger partial charge in [0.1, 0.15) is 5.75 Å². The first-order valence-electron chi connectivity index (χ1n) is 12.7. The number of hydrogen-bond donors (Lipinski definition) is 3. The van der Waals surface area contributed by atoms with Gasteiger partial charge in [-0.2, -0.15) is 0 Å². The van der Waals surface area contributed by atoms with Crippen molar-refractivity contribution >= 4 is 40.5 Å². The highest BCUT2D eigenvalue weighted by Gasteiger charge is 2.40. The molecule has 8 heteroatoms. The van der Waals surface area contributed by atoms with E-state index >= 15 is 0 Å². The summed E-state index contributed by atoms with van der Waals surface area (Å²) in [6.07, 6.45) is 4.18. The van der Waals surface area contributed by atoms with Crippen molar-refractivity contribution < 1.29 is 19.7 Å². The smallest absolute Gasteiger partial charge is 0.307 e. The quantitative estimate of drug-likeness (QED) is 0.276. The van der Waals surface area contributed by atoms with Crippen LogP contribution in [0.5, 0.6) is 5.75 Å². The summed E-state index contributed by atoms with van der Waals surface area (Å²) in [5.74, 6) is 0.225. The number of aliphatic carboxylic acids is 1. The van der Waals surface area contributed by atoms with Gasteiger partial charge in [-0.15, -0.1) is 0 Å². The van der Waals surface area contributed by atoms with Crippen LogP contribution in [0.4, 0.5) is 11.4 Å². The zero-order chi connectivity index (χ0) is 27.7. The molecule has 1 saturated carbocycles. The van der Waals surface area contributed by atoms with Crippen LogP contribution in [0.1, 0.15) is 36.8 Å². The summed E-state index contributed by atoms with van der Waals surface area (Å²) in [6.45, 7) is 0.924. The molecule has 38 heavy (non-hydrogen) atoms. The third-order valence-corrected chi connectivity index (χ3v) is 7.40. The molecule has 0 saturated heterocycles. The van der Waals surface area contributed by atoms with E-state index in [2.05, 4.69) is 24.3 Å². The molecule has 1 aliphatic carbocycles. The van der Waals surface area contributed by atoms with Crippen LogP contribution >= 0.6 is 23.2 Å². The molecule has 0 heterocycles. The molecular weight excluding hydrogens is 523 g/mol. The number of aliphatic hydroxyl groups is 1. The fourth-order valence-electron chi connectivity index (χ4n) is 4.89. The Labute approximate surface area is 235 Å². The lowest BCUT2D eigenvalue weighted by atomic mass is 9.71. The monoisotopic (exact) mass is 558 g/mol. The number of nitrogens with one attached hydrogen (secondary N) is 1. The molecule has 0 aromatic heterocycles. The number of halogens is 2. The first-order valence-corrected chi connectivity index (χ1v) is 13.4. The van der Waals surface area contributed by atoms with Crippen molar-refractivity contribution in [2.24, 2.45) is 5.92 Å². The lowest BCUT2D eigenvalue weighted by Crippen LogP contribution is -2.43. The maximum absolute atomic E-state index is 11.2. The minimum absolute atomic E-state index is 0.0642. The molecule has 0 spiro atoms. The number of hydrogen-bond acceptors (Lipinski definition) is 5. The van der Waals surface area contributed by atoms with E-state index in [1.807, 2.05) is 30.3 Å². The lowest BCUT2D eigenvalue weighted by molar-refractivity contribution is -0.136. The van der Waals surface area contributed by atoms with Gasteiger partial charge >= 0.3 is 5.97 Å². The molecule has 2 atom stereocenters. The van der Waals surface area contributed by atoms with Crippen LogP contribution in [0, 0.1) is 5.92 Å². The Morgan fingerprint density at radius 3 is 2.39 bits per heavy atom. The molecule has 3 aromatic rings. The first kappa shape index (κ1) is 29.8. The normalized spacial score (nSPS) is 18.9. The van der Waals surface area contributed by atoms with Gasteiger partial charge in [-0.25, -0.2) is 0 Å². The Kier molecular flexibility index (Phi) is 10.9. The van der Waals surface area contributed by atoms with Gasteiger partial charge in [0.15, 0.2) is 0 Å². The molecule has 204 valence electrons. The second-order valence-corrected chi connectivity index (χ2v) is 10.6. The standard InChI is InChI=1S/C16H25NO2.C14H11Cl2NO2/c1-17(2)12-14-7-4-5-10-16(14,18)13-8-6-9-15(11-13)19-3;15-10-5-3-6-11(16)14(10)17-12-7-2-1-4-9(12)8-13(18)19/h6,8-9,11,14,18H,4-5,7,10,12H2,1-3H3;1-7,17H,8H2,(H,18,19). The van der Waals surface area contributed by atoms with Crippen LogP contribution in [0.2, 0.25) is 10.0 Å². The Balaban J connectivity index is 0.000000211. The highest BCUT2D eigenvalue weighted by atomic mass is 35.5. The predicted octanol–water partition coefficient (Wildman–Crippen LogP) is 7.00. The van der Waals surface area contributed by atoms with Crippen molar-refractivity contribution in [1.29, 1.82) is 0 Å². The number of carbonyl (C=O) groups is 1. The molecule has 0 radical (unpaired) electrons. The van der Waals surface area contributed by atoms with E-state index < -0.39 is 11.6 Å². The van der Waals surface area contributed by atoms with E-state index in [-0.39, 0.29) is 6.42 Å². The number of anilines is 2. The maximum atomic E-state index is 11.2. The maximum Gasteiger partial charge on any atom is 0.307 e. The van der Waals surface area contributed by atoms with E-state index in [9.17, 15) is 9.90 Å². The molecule has 4 rings (SSSR count). The van der Waals surface area contributed by atoms with Gasteiger partial charge in [0.2, 0.25) is 0 Å². The van der Waals surface area contributed by atoms with E-state index in [4.69, 9.17) is 33.0 Å². The number of carboxylic acids is 1. The van der Waals surface area contributed by atoms with Crippen molar-refractivity contribution in [3.05, 3.63) is 87.9 Å². The summed E-state index contributed by atoms with van der Waals surface area (Å²) in [4.78, 5) is 13.0. The molecule has 1 aliphatic rings. The zero-order valence-corrected chi connectivity index (χ0v) is 23.6. The number of nitrogens with zero attached hydrogens (tertiary/aromatic N) is 1. The topological polar surface area (TPSA) is 82.0 Å². The Morgan fingerprint density at radius 2 is 1.74 bits per heavy atom. The Hall–Kier alpha value is -2.77. The summed E-state index contributed by atoms with van der Waals surface area (Å²) in [5.41, 5.74) is 2.21. The SMILES string of the molecule is COc1cccc(C2(O)CCCCC2CN(C)C)c1.O=C(O)Cc1ccccc1Nc1c(Cl)cccc1Cl. The number of ether oxygens (including phenoxy) is 1. The third kappa shape index (κ3) is 7.87. The fourth-order valence-corrected chi connectivity index (χ4v) is 5.39. The molecule has 6 nitrogen and oxygen atoms in total. The van der Waals surface area contributed by atoms with Gasteiger partial charge in [0.05, 0.1) is 34.9 Å². The molecular formula is C30H36Cl2N2O4. The zero-order valence-electron chi connectivity index (χ0n) is 22.1. The lowest BCUT2D eigenvalue weighted by Gasteiger charge is -2.41. The highest BCUT2D eigenvalue weighted by Crippen LogP contribution is 2.42. The van der Waals surface area contributed by atoms with Gasteiger partial charge in [0.25, 0.3) is 0 Å². The number of carboxylic acid groups (broad SMARTS) is 1. The van der Waals surface area contributed by atoms with Crippen molar-refractivity contribution in [2.45, 2.75) is 37.7 Å². The summed E-state index contributed by atoms with van der Waals surface area (Å²) < 4.78 is 5.29. The minimum Gasteiger partial charge on any atom is -0.497 e. The molecule has 3 aromatic carbocycles. The number of para-hydroxylation sites is 2. The van der Waals surface area contributed by atoms with E-state index in [0.29, 0.717) is 32.9 Å². The van der Waals surface area contributed by atoms with Crippen LogP contribution in [-0.2, 0) is 16.8 Å². The van der Waals surface area contributed by atoms with E-state index in [1.54, 1.807) is 43.5 Å². The summed E-state index contributed by atoms with van der Waals surface area (Å²) in [6, 6.07) is 20.2. The molecule has 0 amide bonds. The van der Waals surface area contributed by atoms with Crippen molar-refractivity contribution in [3.63, 3.8) is 0 Å². The van der Waals surface area contributed by atoms with Crippen LogP contribution in [0.15, 0.2) is 66.7 Å². The summed E-state index contributed by atoms with van der Waals surface area (Å²) in [5, 5.41) is 24.1. The molecule has 1 fully saturated rings. The van der Waals surface area contributed by atoms with Gasteiger partial charge in [-0.05, 0) is 68.4 Å². The molecule has 0 aliphatic heterocycles. The molecule has 0 bridgehead atoms. The first-order chi connectivity index (χ1) is 18.1. The average molecular weight is 560 g/mol. The van der Waals surface area contributed by atoms with Crippen molar-refractivity contribution in [2.75, 3.05) is 33.1 Å². The van der Waals surface area contributed by atoms with E-state index in [0.717, 1.165) is 37.1 Å². The second kappa shape index (κ2) is 13.9. The van der Waals surface area contributed by atoms with Crippen LogP contribution in [0.3, 0.4) is 0 Å². The van der Waals surface area contributed by atoms with Gasteiger partial charge < -0.3 is 25.2 Å². The van der Waals surface area contributed by atoms with Crippen molar-refractivity contribution in [1.82, 2.24) is 4.90 Å². The van der Waals surface area contributed by atoms with Crippen LogP contribution < -0.4 is 10.1 Å². The van der Waals surface area contributed by atoms with Gasteiger partial charge in [-0.1, -0.05) is 72.4 Å². The summed E-state index contributed by atoms with van der Waals surface area (Å²) >= 11 is 12.1. The highest BCUT2D eigenvalue weighted by molar-refractivity contribution is 6.39. The minimum atomic E-state index is -0.889. The van der Waals surface area contributed by atoms with Gasteiger partial charge in [-0.3, -0.25) is 4.79 Å². The van der Waals surface area contributed by atoms with Crippen LogP contribution in [0.25, 0.3) is 0 Å². The van der Waals surface area contributed by atoms with E-state index in [1.165, 1.54) is 6.42 Å². The number of benzene rings is 3. The van der Waals surface area contributed by atoms with Gasteiger partial charge in [0, 0.05) is 18.2 Å². The van der Waals surface area contributed by atoms with Crippen LogP contribution in [-0.4, -0.2) is 48.8 Å². The molecule has 3 N–H and O–H groups in total. The summed E-state index contributed by atoms with van der Waals surface area (Å²) in [7, 11) is 5.81. The molecule has 2 unspecified atom stereocenters. The third-order valence-electron chi connectivity index (χ3n) is 6.77. The average Bonchev–Trinajstić information content (AvgIpc) is 2.88. The number of methoxy groups -OCH3 is 1. The predicted molar refractivity (Wildman–Crippen MR) is 155 cm³/mol. The second-order valence-electron chi connectivity index (χ2n) is 9.81. The Bertz CT molecular complexity index is 1200. The largest absolute Gasteiger partial charge is 0.497 e. The van der Waals surface area contributed by atoms with Crippen molar-refractivity contribution in [3.8, 4) is 5.75 Å². The fraction of sp³-hybridized carbons (Fsp3) is 0.367. The number of rotatable bonds is 8. The Morgan fingerprint density at radius 1 is 1.05 bits per heavy atom.